The largest absolute Gasteiger partial charge is 0.497 e. The summed E-state index contributed by atoms with van der Waals surface area (Å²) in [5.74, 6) is 4.19. The summed E-state index contributed by atoms with van der Waals surface area (Å²) in [7, 11) is 6.41. The number of methoxy groups -OCH3 is 4. The average Bonchev–Trinajstić information content (AvgIpc) is 0.788. The highest BCUT2D eigenvalue weighted by Gasteiger charge is 2.31. The number of nitrogens with two attached hydrogens (primary N) is 1. The molecule has 1 unspecified atom stereocenters. The van der Waals surface area contributed by atoms with E-state index < -0.39 is 11.5 Å². The lowest BCUT2D eigenvalue weighted by atomic mass is 9.89. The van der Waals surface area contributed by atoms with E-state index in [1.165, 1.54) is 12.3 Å². The van der Waals surface area contributed by atoms with Gasteiger partial charge in [0.15, 0.2) is 17.5 Å². The van der Waals surface area contributed by atoms with Crippen LogP contribution in [0.3, 0.4) is 0 Å². The topological polar surface area (TPSA) is 408 Å². The standard InChI is InChI=1S/C31H42N6O5.C27H35N5O5.C22H32N6O3.C4H9NO.H3P/c1-6-7-11-31(3,12-10-21(2)38)36-28-27-25(17-23(20-32-27)29(39)37-13-15-42-16-14-37)34-30(35-28)33-19-22-8-9-24(40-4)18-26(22)41-5;1-6-7-11-27(3,12-10-17(2)33)32-24-23-21(13-19(16-28-23)25(34)35)30-26(31-24)29-15-18-8-9-20(36-4)14-22(18)37-5;1-4-5-7-22(3,8-6-15(2)29)27-19-18-17(25-21(23)26-19)13-16(14-24-18)20(30)28-9-11-31-12-10-28;1-3-6-4-2-5-1;/h8-9,17-18,20H,6-7,10-16,19H2,1-5H3,(H2,33,34,35,36);8-9,13-14,16H,6-7,10-12,15H2,1-5H3,(H,34,35)(H2,29,30,31,32);13-14H,4-12H2,1-3H3,(H3,23,25,26,27);5H,1-4H2;1H3/t31-;27-;22-;;/m111../s1. The van der Waals surface area contributed by atoms with Gasteiger partial charge >= 0.3 is 5.97 Å². The molecule has 4 atom stereocenters. The normalized spacial score (nSPS) is 14.8. The summed E-state index contributed by atoms with van der Waals surface area (Å²) in [6.45, 7) is 26.4. The first kappa shape index (κ1) is 93.8. The van der Waals surface area contributed by atoms with Crippen LogP contribution < -0.4 is 56.6 Å². The van der Waals surface area contributed by atoms with E-state index in [9.17, 15) is 33.9 Å². The Morgan fingerprint density at radius 1 is 0.479 bits per heavy atom. The lowest BCUT2D eigenvalue weighted by molar-refractivity contribution is -0.118. The van der Waals surface area contributed by atoms with Crippen LogP contribution in [0.15, 0.2) is 73.2 Å². The zero-order valence-electron chi connectivity index (χ0n) is 70.4. The van der Waals surface area contributed by atoms with Gasteiger partial charge in [-0.2, -0.15) is 24.9 Å². The van der Waals surface area contributed by atoms with Gasteiger partial charge in [0.25, 0.3) is 11.8 Å². The SMILES string of the molecule is C1COCCN1.CCCC[C@](C)(CCC(C)=O)Nc1nc(N)nc2cc(C(=O)N3CCOCC3)cnc12.CCCC[C@](C)(CCC(C)=O)Nc1nc(NCc2ccc(OC)cc2OC)nc2cc(C(=O)N3CCOCC3)cnc12.CCCC[C@](C)(CCC(C)=O)Nc1nc(NCc2ccc(OC)cc2OC)nc2cc(C(=O)O)cnc12.P. The number of aromatic nitrogens is 9. The van der Waals surface area contributed by atoms with Gasteiger partial charge in [-0.1, -0.05) is 59.3 Å². The molecule has 2 aromatic carbocycles. The number of carboxylic acids is 1. The van der Waals surface area contributed by atoms with Crippen LogP contribution in [0.2, 0.25) is 0 Å². The van der Waals surface area contributed by atoms with Crippen molar-refractivity contribution in [1.29, 1.82) is 0 Å². The number of nitrogen functional groups attached to an aromatic ring is 1. The maximum atomic E-state index is 13.2. The van der Waals surface area contributed by atoms with E-state index in [0.717, 1.165) is 95.2 Å². The molecule has 33 heteroatoms. The summed E-state index contributed by atoms with van der Waals surface area (Å²) in [5.41, 5.74) is 10.6. The summed E-state index contributed by atoms with van der Waals surface area (Å²) < 4.78 is 37.4. The van der Waals surface area contributed by atoms with Gasteiger partial charge in [-0.05, 0) is 123 Å². The molecule has 3 aliphatic heterocycles. The number of fused-ring (bicyclic) bond motifs is 3. The number of morpholine rings is 3. The molecule has 6 aromatic heterocycles. The number of nitrogens with one attached hydrogen (secondary N) is 6. The number of aromatic carboxylic acids is 1. The van der Waals surface area contributed by atoms with Crippen LogP contribution >= 0.6 is 9.90 Å². The number of carboxylic acid groups (broad SMARTS) is 1. The van der Waals surface area contributed by atoms with E-state index in [0.29, 0.717) is 201 Å². The fourth-order valence-electron chi connectivity index (χ4n) is 13.3. The van der Waals surface area contributed by atoms with Crippen LogP contribution in [0.4, 0.5) is 35.3 Å². The summed E-state index contributed by atoms with van der Waals surface area (Å²) >= 11 is 0. The summed E-state index contributed by atoms with van der Waals surface area (Å²) in [5, 5.41) is 29.8. The Hall–Kier alpha value is -10.4. The lowest BCUT2D eigenvalue weighted by Gasteiger charge is -2.32. The second kappa shape index (κ2) is 46.5. The fraction of sp³-hybridized carbons (Fsp3) is 0.536. The number of pyridine rings is 3. The maximum absolute atomic E-state index is 13.2. The zero-order valence-corrected chi connectivity index (χ0v) is 71.8. The van der Waals surface area contributed by atoms with E-state index in [-0.39, 0.29) is 61.7 Å². The van der Waals surface area contributed by atoms with Crippen molar-refractivity contribution < 1.29 is 67.0 Å². The third kappa shape index (κ3) is 28.7. The minimum absolute atomic E-state index is 0. The Balaban J connectivity index is 0.000000235. The fourth-order valence-corrected chi connectivity index (χ4v) is 13.3. The van der Waals surface area contributed by atoms with E-state index in [1.54, 1.807) is 89.6 Å². The van der Waals surface area contributed by atoms with Gasteiger partial charge in [0.1, 0.15) is 56.9 Å². The van der Waals surface area contributed by atoms with Crippen LogP contribution in [0.25, 0.3) is 33.1 Å². The maximum Gasteiger partial charge on any atom is 0.337 e. The second-order valence-electron chi connectivity index (χ2n) is 30.0. The highest BCUT2D eigenvalue weighted by molar-refractivity contribution is 6.92. The number of Topliss-reactive ketones (excluding diaryl/α,β-unsaturated/α-hetero) is 3. The molecule has 0 bridgehead atoms. The molecule has 3 aliphatic rings. The third-order valence-corrected chi connectivity index (χ3v) is 20.3. The Bertz CT molecular complexity index is 4600. The Morgan fingerprint density at radius 3 is 1.15 bits per heavy atom. The van der Waals surface area contributed by atoms with E-state index in [4.69, 9.17) is 53.8 Å². The number of amides is 2. The Kier molecular flexibility index (Phi) is 37.3. The highest BCUT2D eigenvalue weighted by atomic mass is 31.0. The van der Waals surface area contributed by atoms with Crippen molar-refractivity contribution in [2.24, 2.45) is 0 Å². The number of nitrogens with zero attached hydrogens (tertiary/aromatic N) is 11. The predicted octanol–water partition coefficient (Wildman–Crippen LogP) is 12.4. The molecule has 11 rings (SSSR count). The number of carbonyl (C=O) groups is 6. The highest BCUT2D eigenvalue weighted by Crippen LogP contribution is 2.35. The van der Waals surface area contributed by atoms with Crippen molar-refractivity contribution in [3.05, 3.63) is 101 Å². The molecule has 3 fully saturated rings. The molecule has 117 heavy (non-hydrogen) atoms. The van der Waals surface area contributed by atoms with Crippen molar-refractivity contribution in [2.45, 2.75) is 188 Å². The van der Waals surface area contributed by atoms with Crippen molar-refractivity contribution in [3.8, 4) is 23.0 Å². The van der Waals surface area contributed by atoms with Crippen LogP contribution in [0.1, 0.15) is 201 Å². The number of hydrogen-bond acceptors (Lipinski definition) is 29. The van der Waals surface area contributed by atoms with Crippen molar-refractivity contribution in [2.75, 3.05) is 140 Å². The zero-order chi connectivity index (χ0) is 83.8. The number of unbranched alkanes of at least 4 members (excludes halogenated alkanes) is 3. The molecule has 0 radical (unpaired) electrons. The molecule has 9 heterocycles. The minimum atomic E-state index is -1.09. The number of anilines is 6. The second-order valence-corrected chi connectivity index (χ2v) is 30.0. The number of rotatable bonds is 37. The van der Waals surface area contributed by atoms with Gasteiger partial charge in [-0.3, -0.25) is 9.59 Å². The molecule has 0 saturated carbocycles. The molecule has 0 aliphatic carbocycles. The Morgan fingerprint density at radius 2 is 0.829 bits per heavy atom. The molecular weight excluding hydrogens is 1520 g/mol. The average molecular weight is 1640 g/mol. The molecule has 0 spiro atoms. The van der Waals surface area contributed by atoms with Gasteiger partial charge in [0.05, 0.1) is 101 Å². The smallest absolute Gasteiger partial charge is 0.337 e. The van der Waals surface area contributed by atoms with Gasteiger partial charge in [0, 0.05) is 130 Å². The van der Waals surface area contributed by atoms with Crippen molar-refractivity contribution in [1.82, 2.24) is 60.0 Å². The first-order valence-electron chi connectivity index (χ1n) is 40.0. The van der Waals surface area contributed by atoms with E-state index >= 15 is 0 Å². The minimum Gasteiger partial charge on any atom is -0.497 e. The molecule has 2 amide bonds. The first-order valence-corrected chi connectivity index (χ1v) is 40.0. The summed E-state index contributed by atoms with van der Waals surface area (Å²) in [6, 6.07) is 16.1. The molecule has 9 N–H and O–H groups in total. The summed E-state index contributed by atoms with van der Waals surface area (Å²) in [6.07, 6.45) is 16.5. The number of carbonyl (C=O) groups excluding carboxylic acids is 5. The molecule has 32 nitrogen and oxygen atoms in total. The van der Waals surface area contributed by atoms with Crippen LogP contribution in [0, 0.1) is 0 Å². The van der Waals surface area contributed by atoms with Crippen LogP contribution in [0.5, 0.6) is 23.0 Å². The van der Waals surface area contributed by atoms with E-state index in [1.807, 2.05) is 30.3 Å². The number of ketones is 3. The van der Waals surface area contributed by atoms with Crippen LogP contribution in [-0.4, -0.2) is 219 Å². The van der Waals surface area contributed by atoms with Gasteiger partial charge in [0.2, 0.25) is 17.8 Å². The number of ether oxygens (including phenoxy) is 7. The Labute approximate surface area is 689 Å². The molecule has 8 aromatic rings. The van der Waals surface area contributed by atoms with E-state index in [2.05, 4.69) is 103 Å². The van der Waals surface area contributed by atoms with Crippen molar-refractivity contribution >= 4 is 113 Å². The van der Waals surface area contributed by atoms with Crippen LogP contribution in [-0.2, 0) is 41.7 Å². The van der Waals surface area contributed by atoms with Gasteiger partial charge < -0.3 is 100 Å². The summed E-state index contributed by atoms with van der Waals surface area (Å²) in [4.78, 5) is 117. The number of hydrogen-bond donors (Lipinski definition) is 8. The monoisotopic (exact) mass is 1640 g/mol. The lowest BCUT2D eigenvalue weighted by Crippen LogP contribution is -2.40. The van der Waals surface area contributed by atoms with Gasteiger partial charge in [-0.15, -0.1) is 0 Å². The predicted molar refractivity (Wildman–Crippen MR) is 460 cm³/mol. The number of benzene rings is 2. The quantitative estimate of drug-likeness (QED) is 0.0168. The van der Waals surface area contributed by atoms with Crippen molar-refractivity contribution in [3.63, 3.8) is 0 Å². The molecule has 3 saturated heterocycles. The van der Waals surface area contributed by atoms with Gasteiger partial charge in [-0.25, -0.2) is 34.7 Å². The molecular formula is C84H121N18O14P. The molecule has 636 valence electrons. The first-order chi connectivity index (χ1) is 55.7. The third-order valence-electron chi connectivity index (χ3n) is 20.3.